The number of amides is 1. The molecule has 0 saturated heterocycles. The molecule has 36 heavy (non-hydrogen) atoms. The van der Waals surface area contributed by atoms with Crippen LogP contribution in [-0.4, -0.2) is 37.5 Å². The Kier molecular flexibility index (Phi) is 6.71. The highest BCUT2D eigenvalue weighted by Gasteiger charge is 2.62. The second-order valence-electron chi connectivity index (χ2n) is 8.44. The molecule has 0 radical (unpaired) electrons. The number of nitriles is 1. The Hall–Kier alpha value is -2.52. The van der Waals surface area contributed by atoms with Crippen molar-refractivity contribution in [3.63, 3.8) is 0 Å². The van der Waals surface area contributed by atoms with Crippen LogP contribution in [0.25, 0.3) is 0 Å². The van der Waals surface area contributed by atoms with Gasteiger partial charge in [-0.05, 0) is 43.2 Å². The van der Waals surface area contributed by atoms with Gasteiger partial charge in [-0.2, -0.15) is 18.4 Å². The summed E-state index contributed by atoms with van der Waals surface area (Å²) >= 11 is 17.9. The van der Waals surface area contributed by atoms with Crippen LogP contribution >= 0.6 is 34.8 Å². The summed E-state index contributed by atoms with van der Waals surface area (Å²) < 4.78 is 68.0. The first-order valence-corrected chi connectivity index (χ1v) is 13.0. The number of rotatable bonds is 6. The molecule has 14 heteroatoms. The third-order valence-electron chi connectivity index (χ3n) is 5.78. The average molecular weight is 581 g/mol. The van der Waals surface area contributed by atoms with Crippen molar-refractivity contribution < 1.29 is 31.2 Å². The van der Waals surface area contributed by atoms with Crippen LogP contribution in [0.3, 0.4) is 0 Å². The van der Waals surface area contributed by atoms with E-state index >= 15 is 0 Å². The number of nitrogens with zero attached hydrogens (tertiary/aromatic N) is 2. The highest BCUT2D eigenvalue weighted by Crippen LogP contribution is 2.50. The molecule has 1 saturated carbocycles. The normalized spacial score (nSPS) is 20.8. The molecule has 0 spiro atoms. The van der Waals surface area contributed by atoms with Gasteiger partial charge in [0.2, 0.25) is 5.91 Å². The lowest BCUT2D eigenvalue weighted by Gasteiger charge is -2.29. The van der Waals surface area contributed by atoms with E-state index in [0.717, 1.165) is 24.3 Å². The Balaban J connectivity index is 1.58. The van der Waals surface area contributed by atoms with E-state index in [1.54, 1.807) is 0 Å². The maximum absolute atomic E-state index is 14.2. The fourth-order valence-electron chi connectivity index (χ4n) is 3.72. The Morgan fingerprint density at radius 2 is 1.78 bits per heavy atom. The molecule has 0 bridgehead atoms. The maximum Gasteiger partial charge on any atom is 0.435 e. The second kappa shape index (κ2) is 9.10. The van der Waals surface area contributed by atoms with Crippen LogP contribution in [0.5, 0.6) is 0 Å². The Morgan fingerprint density at radius 3 is 2.31 bits per heavy atom. The largest absolute Gasteiger partial charge is 0.435 e. The number of sulfone groups is 1. The van der Waals surface area contributed by atoms with Crippen molar-refractivity contribution in [3.05, 3.63) is 62.6 Å². The van der Waals surface area contributed by atoms with Gasteiger partial charge in [0.15, 0.2) is 9.84 Å². The van der Waals surface area contributed by atoms with Crippen molar-refractivity contribution in [1.82, 2.24) is 5.32 Å². The van der Waals surface area contributed by atoms with Gasteiger partial charge in [-0.15, -0.1) is 0 Å². The van der Waals surface area contributed by atoms with E-state index in [2.05, 4.69) is 10.5 Å². The quantitative estimate of drug-likeness (QED) is 0.507. The van der Waals surface area contributed by atoms with E-state index in [-0.39, 0.29) is 31.9 Å². The summed E-state index contributed by atoms with van der Waals surface area (Å²) in [5, 5.41) is 14.7. The van der Waals surface area contributed by atoms with Crippen molar-refractivity contribution in [2.24, 2.45) is 5.16 Å². The molecule has 1 aliphatic carbocycles. The number of oxime groups is 1. The van der Waals surface area contributed by atoms with Crippen LogP contribution in [0.1, 0.15) is 30.4 Å². The summed E-state index contributed by atoms with van der Waals surface area (Å²) in [6, 6.07) is 8.76. The molecular weight excluding hydrogens is 566 g/mol. The molecule has 190 valence electrons. The van der Waals surface area contributed by atoms with Gasteiger partial charge in [0.25, 0.3) is 5.60 Å². The lowest BCUT2D eigenvalue weighted by Crippen LogP contribution is -2.42. The van der Waals surface area contributed by atoms with E-state index in [4.69, 9.17) is 44.9 Å². The molecular formula is C22H15Cl3F3N3O4S. The number of alkyl halides is 3. The molecule has 2 aliphatic rings. The first-order chi connectivity index (χ1) is 16.7. The maximum atomic E-state index is 14.2. The molecule has 1 amide bonds. The zero-order valence-corrected chi connectivity index (χ0v) is 21.1. The fourth-order valence-corrected chi connectivity index (χ4v) is 5.98. The minimum absolute atomic E-state index is 0.0257. The number of hydrogen-bond acceptors (Lipinski definition) is 6. The van der Waals surface area contributed by atoms with Gasteiger partial charge in [-0.25, -0.2) is 8.42 Å². The smallest absolute Gasteiger partial charge is 0.374 e. The van der Waals surface area contributed by atoms with Crippen molar-refractivity contribution in [2.45, 2.75) is 41.5 Å². The molecule has 4 rings (SSSR count). The van der Waals surface area contributed by atoms with E-state index in [1.807, 2.05) is 6.07 Å². The van der Waals surface area contributed by atoms with Gasteiger partial charge < -0.3 is 10.2 Å². The zero-order chi connectivity index (χ0) is 26.5. The Labute approximate surface area is 218 Å². The van der Waals surface area contributed by atoms with Crippen LogP contribution in [0, 0.1) is 11.3 Å². The predicted octanol–water partition coefficient (Wildman–Crippen LogP) is 5.18. The fraction of sp³-hybridized carbons (Fsp3) is 0.318. The number of carbonyl (C=O) groups is 1. The monoisotopic (exact) mass is 579 g/mol. The van der Waals surface area contributed by atoms with E-state index in [0.29, 0.717) is 12.8 Å². The van der Waals surface area contributed by atoms with Gasteiger partial charge in [0, 0.05) is 27.6 Å². The van der Waals surface area contributed by atoms with Crippen LogP contribution in [0.15, 0.2) is 46.4 Å². The molecule has 1 heterocycles. The van der Waals surface area contributed by atoms with Crippen molar-refractivity contribution >= 4 is 56.3 Å². The van der Waals surface area contributed by atoms with Crippen molar-refractivity contribution in [2.75, 3.05) is 5.75 Å². The van der Waals surface area contributed by atoms with E-state index in [9.17, 15) is 26.4 Å². The molecule has 1 fully saturated rings. The molecule has 1 aliphatic heterocycles. The summed E-state index contributed by atoms with van der Waals surface area (Å²) in [6.07, 6.45) is -4.81. The van der Waals surface area contributed by atoms with E-state index in [1.165, 1.54) is 12.1 Å². The standard InChI is InChI=1S/C22H15Cl3F3N3O4S/c23-14-6-13(7-15(24)8-14)21(22(26,27)28)9-17(31-35-21)12-1-2-18(16(25)5-12)36(33,34)10-19(32)30-20(11-29)3-4-20/h1-2,5-8H,3-4,9-10H2,(H,30,32). The van der Waals surface area contributed by atoms with Gasteiger partial charge in [-0.3, -0.25) is 4.79 Å². The summed E-state index contributed by atoms with van der Waals surface area (Å²) in [4.78, 5) is 16.7. The lowest BCUT2D eigenvalue weighted by molar-refractivity contribution is -0.275. The molecule has 0 aromatic heterocycles. The van der Waals surface area contributed by atoms with Gasteiger partial charge in [-0.1, -0.05) is 46.0 Å². The summed E-state index contributed by atoms with van der Waals surface area (Å²) in [5.41, 5.74) is -4.32. The van der Waals surface area contributed by atoms with E-state index < -0.39 is 50.1 Å². The molecule has 1 atom stereocenters. The Bertz CT molecular complexity index is 1420. The molecule has 2 aromatic rings. The lowest BCUT2D eigenvalue weighted by atomic mass is 9.86. The van der Waals surface area contributed by atoms with Gasteiger partial charge in [0.1, 0.15) is 11.3 Å². The summed E-state index contributed by atoms with van der Waals surface area (Å²) in [5.74, 6) is -1.82. The first kappa shape index (κ1) is 26.5. The van der Waals surface area contributed by atoms with Crippen molar-refractivity contribution in [3.8, 4) is 6.07 Å². The number of hydrogen-bond donors (Lipinski definition) is 1. The topological polar surface area (TPSA) is 109 Å². The number of nitrogens with one attached hydrogen (secondary N) is 1. The van der Waals surface area contributed by atoms with Crippen LogP contribution < -0.4 is 5.32 Å². The third kappa shape index (κ3) is 5.00. The number of carbonyl (C=O) groups excluding carboxylic acids is 1. The number of benzene rings is 2. The molecule has 1 N–H and O–H groups in total. The third-order valence-corrected chi connectivity index (χ3v) is 8.31. The Morgan fingerprint density at radius 1 is 1.14 bits per heavy atom. The first-order valence-electron chi connectivity index (χ1n) is 10.2. The van der Waals surface area contributed by atoms with Crippen molar-refractivity contribution in [1.29, 1.82) is 5.26 Å². The van der Waals surface area contributed by atoms with Crippen LogP contribution in [0.4, 0.5) is 13.2 Å². The predicted molar refractivity (Wildman–Crippen MR) is 126 cm³/mol. The minimum Gasteiger partial charge on any atom is -0.374 e. The second-order valence-corrected chi connectivity index (χ2v) is 11.7. The van der Waals surface area contributed by atoms with Gasteiger partial charge >= 0.3 is 6.18 Å². The molecule has 2 aromatic carbocycles. The SMILES string of the molecule is N#CC1(NC(=O)CS(=O)(=O)c2ccc(C3=NOC(c4cc(Cl)cc(Cl)c4)(C(F)(F)F)C3)cc2Cl)CC1. The summed E-state index contributed by atoms with van der Waals surface area (Å²) in [6.45, 7) is 0. The molecule has 7 nitrogen and oxygen atoms in total. The average Bonchev–Trinajstić information content (AvgIpc) is 3.36. The van der Waals surface area contributed by atoms with Crippen LogP contribution in [-0.2, 0) is 25.1 Å². The highest BCUT2D eigenvalue weighted by atomic mass is 35.5. The van der Waals surface area contributed by atoms with Crippen LogP contribution in [0.2, 0.25) is 15.1 Å². The molecule has 1 unspecified atom stereocenters. The minimum atomic E-state index is -4.91. The zero-order valence-electron chi connectivity index (χ0n) is 18.0. The van der Waals surface area contributed by atoms with Gasteiger partial charge in [0.05, 0.1) is 21.7 Å². The summed E-state index contributed by atoms with van der Waals surface area (Å²) in [7, 11) is -4.22. The number of halogens is 6. The highest BCUT2D eigenvalue weighted by molar-refractivity contribution is 7.92.